The average Bonchev–Trinajstić information content (AvgIpc) is 3.04. The standard InChI is InChI=1S/C16H21N5O2/c1-20(2)16(22)12-5-8-21(9-6-12)11-14-18-15(19-23-14)13-4-3-7-17-10-13/h3-4,7,10,12H,5-6,8-9,11H2,1-2H3. The quantitative estimate of drug-likeness (QED) is 0.849. The van der Waals surface area contributed by atoms with Gasteiger partial charge in [-0.25, -0.2) is 0 Å². The lowest BCUT2D eigenvalue weighted by molar-refractivity contribution is -0.134. The van der Waals surface area contributed by atoms with E-state index in [-0.39, 0.29) is 11.8 Å². The largest absolute Gasteiger partial charge is 0.349 e. The van der Waals surface area contributed by atoms with Crippen molar-refractivity contribution in [3.8, 4) is 11.4 Å². The number of amides is 1. The molecule has 2 aromatic rings. The number of nitrogens with zero attached hydrogens (tertiary/aromatic N) is 5. The van der Waals surface area contributed by atoms with Crippen molar-refractivity contribution in [2.45, 2.75) is 19.4 Å². The number of hydrogen-bond acceptors (Lipinski definition) is 6. The van der Waals surface area contributed by atoms with Gasteiger partial charge in [0.1, 0.15) is 0 Å². The monoisotopic (exact) mass is 315 g/mol. The Labute approximate surface area is 135 Å². The number of carbonyl (C=O) groups is 1. The van der Waals surface area contributed by atoms with Crippen molar-refractivity contribution in [2.75, 3.05) is 27.2 Å². The molecule has 1 saturated heterocycles. The van der Waals surface area contributed by atoms with E-state index in [0.29, 0.717) is 18.3 Å². The number of carbonyl (C=O) groups excluding carboxylic acids is 1. The summed E-state index contributed by atoms with van der Waals surface area (Å²) in [6, 6.07) is 3.75. The maximum atomic E-state index is 12.0. The van der Waals surface area contributed by atoms with Gasteiger partial charge in [0, 0.05) is 38.0 Å². The molecular weight excluding hydrogens is 294 g/mol. The highest BCUT2D eigenvalue weighted by molar-refractivity contribution is 5.78. The lowest BCUT2D eigenvalue weighted by Gasteiger charge is -2.31. The maximum absolute atomic E-state index is 12.0. The van der Waals surface area contributed by atoms with Crippen LogP contribution in [-0.2, 0) is 11.3 Å². The van der Waals surface area contributed by atoms with Crippen LogP contribution < -0.4 is 0 Å². The second kappa shape index (κ2) is 6.87. The van der Waals surface area contributed by atoms with E-state index in [2.05, 4.69) is 20.0 Å². The molecule has 0 bridgehead atoms. The third-order valence-electron chi connectivity index (χ3n) is 4.12. The van der Waals surface area contributed by atoms with Crippen molar-refractivity contribution >= 4 is 5.91 Å². The predicted octanol–water partition coefficient (Wildman–Crippen LogP) is 1.43. The van der Waals surface area contributed by atoms with Gasteiger partial charge in [0.25, 0.3) is 0 Å². The second-order valence-corrected chi connectivity index (χ2v) is 6.04. The Kier molecular flexibility index (Phi) is 4.66. The molecule has 3 rings (SSSR count). The minimum Gasteiger partial charge on any atom is -0.349 e. The molecule has 1 aliphatic heterocycles. The highest BCUT2D eigenvalue weighted by Crippen LogP contribution is 2.21. The molecule has 0 aliphatic carbocycles. The summed E-state index contributed by atoms with van der Waals surface area (Å²) in [4.78, 5) is 24.4. The molecule has 2 aromatic heterocycles. The zero-order valence-corrected chi connectivity index (χ0v) is 13.5. The lowest BCUT2D eigenvalue weighted by atomic mass is 9.95. The Hall–Kier alpha value is -2.28. The minimum atomic E-state index is 0.134. The molecule has 122 valence electrons. The molecule has 1 aliphatic rings. The van der Waals surface area contributed by atoms with E-state index >= 15 is 0 Å². The van der Waals surface area contributed by atoms with E-state index in [0.717, 1.165) is 31.5 Å². The molecule has 1 fully saturated rings. The fourth-order valence-electron chi connectivity index (χ4n) is 2.83. The molecule has 1 amide bonds. The first kappa shape index (κ1) is 15.6. The fraction of sp³-hybridized carbons (Fsp3) is 0.500. The summed E-state index contributed by atoms with van der Waals surface area (Å²) in [6.07, 6.45) is 5.18. The van der Waals surface area contributed by atoms with E-state index in [1.165, 1.54) is 0 Å². The summed E-state index contributed by atoms with van der Waals surface area (Å²) < 4.78 is 5.33. The van der Waals surface area contributed by atoms with Crippen LogP contribution in [0.1, 0.15) is 18.7 Å². The maximum Gasteiger partial charge on any atom is 0.241 e. The Morgan fingerprint density at radius 2 is 2.17 bits per heavy atom. The van der Waals surface area contributed by atoms with Crippen molar-refractivity contribution in [1.29, 1.82) is 0 Å². The van der Waals surface area contributed by atoms with Crippen molar-refractivity contribution in [2.24, 2.45) is 5.92 Å². The first-order chi connectivity index (χ1) is 11.1. The number of pyridine rings is 1. The summed E-state index contributed by atoms with van der Waals surface area (Å²) >= 11 is 0. The second-order valence-electron chi connectivity index (χ2n) is 6.04. The Morgan fingerprint density at radius 1 is 1.39 bits per heavy atom. The summed E-state index contributed by atoms with van der Waals surface area (Å²) in [6.45, 7) is 2.36. The zero-order valence-electron chi connectivity index (χ0n) is 13.5. The van der Waals surface area contributed by atoms with Crippen molar-refractivity contribution in [3.05, 3.63) is 30.4 Å². The van der Waals surface area contributed by atoms with Gasteiger partial charge in [-0.05, 0) is 38.1 Å². The first-order valence-electron chi connectivity index (χ1n) is 7.80. The third kappa shape index (κ3) is 3.73. The number of likely N-dealkylation sites (tertiary alicyclic amines) is 1. The van der Waals surface area contributed by atoms with Gasteiger partial charge in [-0.1, -0.05) is 5.16 Å². The van der Waals surface area contributed by atoms with Crippen LogP contribution in [0.5, 0.6) is 0 Å². The topological polar surface area (TPSA) is 75.4 Å². The molecule has 0 unspecified atom stereocenters. The smallest absolute Gasteiger partial charge is 0.241 e. The Bertz CT molecular complexity index is 648. The van der Waals surface area contributed by atoms with Crippen molar-refractivity contribution in [1.82, 2.24) is 24.9 Å². The van der Waals surface area contributed by atoms with Crippen LogP contribution >= 0.6 is 0 Å². The first-order valence-corrected chi connectivity index (χ1v) is 7.80. The van der Waals surface area contributed by atoms with Crippen LogP contribution in [0.2, 0.25) is 0 Å². The van der Waals surface area contributed by atoms with Crippen molar-refractivity contribution < 1.29 is 9.32 Å². The molecule has 0 spiro atoms. The molecule has 0 atom stereocenters. The fourth-order valence-corrected chi connectivity index (χ4v) is 2.83. The van der Waals surface area contributed by atoms with Crippen LogP contribution in [0.3, 0.4) is 0 Å². The molecule has 7 heteroatoms. The molecule has 23 heavy (non-hydrogen) atoms. The summed E-state index contributed by atoms with van der Waals surface area (Å²) in [5, 5.41) is 4.00. The van der Waals surface area contributed by atoms with Gasteiger partial charge in [0.05, 0.1) is 6.54 Å². The Balaban J connectivity index is 1.55. The van der Waals surface area contributed by atoms with Gasteiger partial charge < -0.3 is 9.42 Å². The molecule has 0 N–H and O–H groups in total. The predicted molar refractivity (Wildman–Crippen MR) is 84.2 cm³/mol. The SMILES string of the molecule is CN(C)C(=O)C1CCN(Cc2nc(-c3cccnc3)no2)CC1. The van der Waals surface area contributed by atoms with E-state index in [1.54, 1.807) is 17.3 Å². The van der Waals surface area contributed by atoms with Crippen LogP contribution in [0, 0.1) is 5.92 Å². The number of piperidine rings is 1. The summed E-state index contributed by atoms with van der Waals surface area (Å²) in [7, 11) is 3.63. The van der Waals surface area contributed by atoms with Gasteiger partial charge in [-0.15, -0.1) is 0 Å². The number of hydrogen-bond donors (Lipinski definition) is 0. The molecule has 0 aromatic carbocycles. The summed E-state index contributed by atoms with van der Waals surface area (Å²) in [5.74, 6) is 1.52. The van der Waals surface area contributed by atoms with E-state index < -0.39 is 0 Å². The van der Waals surface area contributed by atoms with Gasteiger partial charge in [0.15, 0.2) is 0 Å². The number of rotatable bonds is 4. The van der Waals surface area contributed by atoms with Gasteiger partial charge in [-0.3, -0.25) is 14.7 Å². The minimum absolute atomic E-state index is 0.134. The van der Waals surface area contributed by atoms with Gasteiger partial charge in [-0.2, -0.15) is 4.98 Å². The van der Waals surface area contributed by atoms with E-state index in [1.807, 2.05) is 26.2 Å². The average molecular weight is 315 g/mol. The van der Waals surface area contributed by atoms with Crippen LogP contribution in [0.25, 0.3) is 11.4 Å². The van der Waals surface area contributed by atoms with E-state index in [4.69, 9.17) is 4.52 Å². The molecule has 0 saturated carbocycles. The third-order valence-corrected chi connectivity index (χ3v) is 4.12. The van der Waals surface area contributed by atoms with Crippen molar-refractivity contribution in [3.63, 3.8) is 0 Å². The lowest BCUT2D eigenvalue weighted by Crippen LogP contribution is -2.39. The highest BCUT2D eigenvalue weighted by Gasteiger charge is 2.26. The summed E-state index contributed by atoms with van der Waals surface area (Å²) in [5.41, 5.74) is 0.845. The van der Waals surface area contributed by atoms with Crippen LogP contribution in [-0.4, -0.2) is 58.0 Å². The van der Waals surface area contributed by atoms with E-state index in [9.17, 15) is 4.79 Å². The van der Waals surface area contributed by atoms with Crippen LogP contribution in [0.15, 0.2) is 29.0 Å². The van der Waals surface area contributed by atoms with Gasteiger partial charge >= 0.3 is 0 Å². The highest BCUT2D eigenvalue weighted by atomic mass is 16.5. The molecule has 0 radical (unpaired) electrons. The molecular formula is C16H21N5O2. The number of aromatic nitrogens is 3. The van der Waals surface area contributed by atoms with Gasteiger partial charge in [0.2, 0.25) is 17.6 Å². The normalized spacial score (nSPS) is 16.4. The Morgan fingerprint density at radius 3 is 2.83 bits per heavy atom. The molecule has 7 nitrogen and oxygen atoms in total. The van der Waals surface area contributed by atoms with Crippen LogP contribution in [0.4, 0.5) is 0 Å². The molecule has 3 heterocycles. The zero-order chi connectivity index (χ0) is 16.2.